The molecule has 0 saturated carbocycles. The molecule has 0 fully saturated rings. The number of benzene rings is 1. The van der Waals surface area contributed by atoms with E-state index in [0.717, 1.165) is 10.7 Å². The third-order valence-electron chi connectivity index (χ3n) is 2.46. The molecule has 2 N–H and O–H groups in total. The van der Waals surface area contributed by atoms with Gasteiger partial charge >= 0.3 is 11.9 Å². The smallest absolute Gasteiger partial charge is 0.356 e. The first-order chi connectivity index (χ1) is 8.97. The number of aromatic carboxylic acids is 2. The van der Waals surface area contributed by atoms with Crippen LogP contribution in [0.3, 0.4) is 0 Å². The van der Waals surface area contributed by atoms with Crippen molar-refractivity contribution in [3.63, 3.8) is 0 Å². The van der Waals surface area contributed by atoms with Gasteiger partial charge in [-0.2, -0.15) is 5.10 Å². The van der Waals surface area contributed by atoms with Crippen LogP contribution in [0.1, 0.15) is 26.5 Å². The van der Waals surface area contributed by atoms with E-state index in [1.165, 1.54) is 24.3 Å². The van der Waals surface area contributed by atoms with E-state index in [2.05, 4.69) is 5.10 Å². The maximum Gasteiger partial charge on any atom is 0.356 e. The number of aromatic nitrogens is 2. The molecule has 0 aliphatic carbocycles. The third kappa shape index (κ3) is 2.76. The average molecular weight is 264 g/mol. The molecule has 98 valence electrons. The zero-order valence-electron chi connectivity index (χ0n) is 9.58. The number of hydrogen-bond acceptors (Lipinski definition) is 3. The minimum Gasteiger partial charge on any atom is -0.477 e. The van der Waals surface area contributed by atoms with E-state index in [-0.39, 0.29) is 17.9 Å². The van der Waals surface area contributed by atoms with Crippen molar-refractivity contribution in [1.82, 2.24) is 9.78 Å². The van der Waals surface area contributed by atoms with Crippen molar-refractivity contribution in [2.24, 2.45) is 0 Å². The molecule has 0 radical (unpaired) electrons. The van der Waals surface area contributed by atoms with Gasteiger partial charge in [-0.1, -0.05) is 12.1 Å². The summed E-state index contributed by atoms with van der Waals surface area (Å²) in [6.07, 6.45) is 0. The first-order valence-electron chi connectivity index (χ1n) is 5.26. The highest BCUT2D eigenvalue weighted by Gasteiger charge is 2.18. The van der Waals surface area contributed by atoms with Crippen LogP contribution in [0.25, 0.3) is 0 Å². The fourth-order valence-corrected chi connectivity index (χ4v) is 1.58. The molecule has 7 heteroatoms. The SMILES string of the molecule is O=C(O)c1cc(C(=O)O)n(Cc2ccc(F)cc2)n1. The molecule has 0 atom stereocenters. The summed E-state index contributed by atoms with van der Waals surface area (Å²) in [4.78, 5) is 21.8. The topological polar surface area (TPSA) is 92.4 Å². The van der Waals surface area contributed by atoms with Crippen molar-refractivity contribution in [3.8, 4) is 0 Å². The molecule has 1 aromatic heterocycles. The van der Waals surface area contributed by atoms with Gasteiger partial charge in [0.25, 0.3) is 0 Å². The average Bonchev–Trinajstić information content (AvgIpc) is 2.76. The van der Waals surface area contributed by atoms with Crippen molar-refractivity contribution in [3.05, 3.63) is 53.1 Å². The second-order valence-electron chi connectivity index (χ2n) is 3.81. The highest BCUT2D eigenvalue weighted by Crippen LogP contribution is 2.10. The van der Waals surface area contributed by atoms with Gasteiger partial charge in [-0.3, -0.25) is 4.68 Å². The second-order valence-corrected chi connectivity index (χ2v) is 3.81. The Balaban J connectivity index is 2.35. The predicted molar refractivity (Wildman–Crippen MR) is 61.6 cm³/mol. The van der Waals surface area contributed by atoms with E-state index in [1.807, 2.05) is 0 Å². The molecule has 0 spiro atoms. The van der Waals surface area contributed by atoms with Gasteiger partial charge in [0.1, 0.15) is 11.5 Å². The largest absolute Gasteiger partial charge is 0.477 e. The zero-order chi connectivity index (χ0) is 14.0. The Morgan fingerprint density at radius 2 is 1.79 bits per heavy atom. The number of halogens is 1. The highest BCUT2D eigenvalue weighted by molar-refractivity contribution is 5.91. The summed E-state index contributed by atoms with van der Waals surface area (Å²) in [5, 5.41) is 21.4. The maximum atomic E-state index is 12.7. The summed E-state index contributed by atoms with van der Waals surface area (Å²) < 4.78 is 13.8. The van der Waals surface area contributed by atoms with Crippen LogP contribution < -0.4 is 0 Å². The van der Waals surface area contributed by atoms with Crippen LogP contribution in [-0.2, 0) is 6.54 Å². The summed E-state index contributed by atoms with van der Waals surface area (Å²) in [5.74, 6) is -2.99. The van der Waals surface area contributed by atoms with Crippen LogP contribution in [0.5, 0.6) is 0 Å². The molecule has 1 aromatic carbocycles. The molecular formula is C12H9FN2O4. The Kier molecular flexibility index (Phi) is 3.28. The molecule has 0 aliphatic rings. The van der Waals surface area contributed by atoms with Crippen LogP contribution in [0.4, 0.5) is 4.39 Å². The molecule has 0 bridgehead atoms. The quantitative estimate of drug-likeness (QED) is 0.872. The normalized spacial score (nSPS) is 10.4. The molecule has 0 saturated heterocycles. The van der Waals surface area contributed by atoms with Crippen molar-refractivity contribution < 1.29 is 24.2 Å². The monoisotopic (exact) mass is 264 g/mol. The number of hydrogen-bond donors (Lipinski definition) is 2. The molecule has 0 unspecified atom stereocenters. The number of carboxylic acid groups (broad SMARTS) is 2. The third-order valence-corrected chi connectivity index (χ3v) is 2.46. The van der Waals surface area contributed by atoms with Crippen LogP contribution in [0.15, 0.2) is 30.3 Å². The summed E-state index contributed by atoms with van der Waals surface area (Å²) in [6.45, 7) is 0.0508. The summed E-state index contributed by atoms with van der Waals surface area (Å²) in [5.41, 5.74) is 0.0326. The first kappa shape index (κ1) is 12.7. The van der Waals surface area contributed by atoms with E-state index in [9.17, 15) is 14.0 Å². The first-order valence-corrected chi connectivity index (χ1v) is 5.26. The van der Waals surface area contributed by atoms with Crippen LogP contribution in [-0.4, -0.2) is 31.9 Å². The Bertz CT molecular complexity index is 634. The number of rotatable bonds is 4. The Labute approximate surface area is 106 Å². The van der Waals surface area contributed by atoms with Crippen LogP contribution in [0, 0.1) is 5.82 Å². The molecule has 0 aliphatic heterocycles. The van der Waals surface area contributed by atoms with Gasteiger partial charge in [-0.25, -0.2) is 14.0 Å². The lowest BCUT2D eigenvalue weighted by Gasteiger charge is -2.04. The predicted octanol–water partition coefficient (Wildman–Crippen LogP) is 1.47. The van der Waals surface area contributed by atoms with Gasteiger partial charge in [-0.15, -0.1) is 0 Å². The van der Waals surface area contributed by atoms with Gasteiger partial charge < -0.3 is 10.2 Å². The van der Waals surface area contributed by atoms with Crippen molar-refractivity contribution in [1.29, 1.82) is 0 Å². The van der Waals surface area contributed by atoms with Gasteiger partial charge in [0.2, 0.25) is 0 Å². The molecule has 0 amide bonds. The minimum absolute atomic E-state index is 0.0508. The number of carbonyl (C=O) groups is 2. The molecular weight excluding hydrogens is 255 g/mol. The molecule has 19 heavy (non-hydrogen) atoms. The van der Waals surface area contributed by atoms with Gasteiger partial charge in [0.15, 0.2) is 5.69 Å². The van der Waals surface area contributed by atoms with Gasteiger partial charge in [-0.05, 0) is 17.7 Å². The summed E-state index contributed by atoms with van der Waals surface area (Å²) >= 11 is 0. The zero-order valence-corrected chi connectivity index (χ0v) is 9.58. The molecule has 2 rings (SSSR count). The second kappa shape index (κ2) is 4.89. The van der Waals surface area contributed by atoms with E-state index >= 15 is 0 Å². The lowest BCUT2D eigenvalue weighted by molar-refractivity contribution is 0.0676. The summed E-state index contributed by atoms with van der Waals surface area (Å²) in [6, 6.07) is 6.40. The Morgan fingerprint density at radius 1 is 1.16 bits per heavy atom. The van der Waals surface area contributed by atoms with Gasteiger partial charge in [0, 0.05) is 6.07 Å². The molecule has 2 aromatic rings. The van der Waals surface area contributed by atoms with Crippen molar-refractivity contribution in [2.45, 2.75) is 6.54 Å². The van der Waals surface area contributed by atoms with E-state index in [0.29, 0.717) is 5.56 Å². The minimum atomic E-state index is -1.31. The maximum absolute atomic E-state index is 12.7. The van der Waals surface area contributed by atoms with Crippen molar-refractivity contribution >= 4 is 11.9 Å². The number of carboxylic acids is 2. The van der Waals surface area contributed by atoms with E-state index in [1.54, 1.807) is 0 Å². The van der Waals surface area contributed by atoms with Crippen LogP contribution >= 0.6 is 0 Å². The van der Waals surface area contributed by atoms with Gasteiger partial charge in [0.05, 0.1) is 6.54 Å². The fourth-order valence-electron chi connectivity index (χ4n) is 1.58. The lowest BCUT2D eigenvalue weighted by Crippen LogP contribution is -2.11. The van der Waals surface area contributed by atoms with Crippen molar-refractivity contribution in [2.75, 3.05) is 0 Å². The molecule has 6 nitrogen and oxygen atoms in total. The van der Waals surface area contributed by atoms with Crippen LogP contribution in [0.2, 0.25) is 0 Å². The highest BCUT2D eigenvalue weighted by atomic mass is 19.1. The van der Waals surface area contributed by atoms with E-state index < -0.39 is 17.8 Å². The fraction of sp³-hybridized carbons (Fsp3) is 0.0833. The lowest BCUT2D eigenvalue weighted by atomic mass is 10.2. The Morgan fingerprint density at radius 3 is 2.32 bits per heavy atom. The number of nitrogens with zero attached hydrogens (tertiary/aromatic N) is 2. The summed E-state index contributed by atoms with van der Waals surface area (Å²) in [7, 11) is 0. The standard InChI is InChI=1S/C12H9FN2O4/c13-8-3-1-7(2-4-8)6-15-10(12(18)19)5-9(14-15)11(16)17/h1-5H,6H2,(H,16,17)(H,18,19). The Hall–Kier alpha value is -2.70. The van der Waals surface area contributed by atoms with E-state index in [4.69, 9.17) is 10.2 Å². The molecule has 1 heterocycles.